The van der Waals surface area contributed by atoms with E-state index in [9.17, 15) is 9.90 Å². The molecule has 0 aromatic carbocycles. The van der Waals surface area contributed by atoms with E-state index in [0.29, 0.717) is 12.8 Å². The molecule has 0 saturated heterocycles. The highest BCUT2D eigenvalue weighted by atomic mass is 16.4. The van der Waals surface area contributed by atoms with Crippen molar-refractivity contribution in [2.24, 2.45) is 0 Å². The summed E-state index contributed by atoms with van der Waals surface area (Å²) in [6, 6.07) is 0. The molecular weight excluding hydrogens is 288 g/mol. The third-order valence-corrected chi connectivity index (χ3v) is 3.30. The van der Waals surface area contributed by atoms with E-state index in [4.69, 9.17) is 5.11 Å². The van der Waals surface area contributed by atoms with E-state index >= 15 is 0 Å². The van der Waals surface area contributed by atoms with Crippen LogP contribution < -0.4 is 0 Å². The minimum Gasteiger partial charge on any atom is -0.481 e. The van der Waals surface area contributed by atoms with Gasteiger partial charge in [0.05, 0.1) is 6.10 Å². The van der Waals surface area contributed by atoms with E-state index in [1.54, 1.807) is 0 Å². The number of unbranched alkanes of at least 4 members (excludes halogenated alkanes) is 4. The van der Waals surface area contributed by atoms with E-state index in [1.807, 2.05) is 42.5 Å². The largest absolute Gasteiger partial charge is 0.481 e. The second-order valence-corrected chi connectivity index (χ2v) is 5.58. The summed E-state index contributed by atoms with van der Waals surface area (Å²) in [5.74, 6) is -0.740. The Morgan fingerprint density at radius 1 is 0.957 bits per heavy atom. The lowest BCUT2D eigenvalue weighted by Crippen LogP contribution is -1.98. The van der Waals surface area contributed by atoms with Crippen LogP contribution in [-0.2, 0) is 4.79 Å². The average Bonchev–Trinajstić information content (AvgIpc) is 2.52. The van der Waals surface area contributed by atoms with E-state index in [1.165, 1.54) is 19.3 Å². The van der Waals surface area contributed by atoms with Gasteiger partial charge >= 0.3 is 5.97 Å². The summed E-state index contributed by atoms with van der Waals surface area (Å²) in [7, 11) is 0. The molecule has 130 valence electrons. The minimum atomic E-state index is -0.740. The summed E-state index contributed by atoms with van der Waals surface area (Å²) >= 11 is 0. The van der Waals surface area contributed by atoms with Crippen molar-refractivity contribution in [3.63, 3.8) is 0 Å². The Bertz CT molecular complexity index is 392. The van der Waals surface area contributed by atoms with Crippen molar-refractivity contribution in [1.82, 2.24) is 0 Å². The Morgan fingerprint density at radius 3 is 2.43 bits per heavy atom. The van der Waals surface area contributed by atoms with Crippen LogP contribution in [-0.4, -0.2) is 22.3 Å². The number of allylic oxidation sites excluding steroid dienone is 6. The molecule has 0 unspecified atom stereocenters. The number of rotatable bonds is 14. The maximum atomic E-state index is 10.3. The Kier molecular flexibility index (Phi) is 15.6. The van der Waals surface area contributed by atoms with Crippen molar-refractivity contribution in [2.45, 2.75) is 70.8 Å². The molecule has 0 fully saturated rings. The predicted molar refractivity (Wildman–Crippen MR) is 97.4 cm³/mol. The molecule has 0 aromatic heterocycles. The third-order valence-electron chi connectivity index (χ3n) is 3.30. The first kappa shape index (κ1) is 21.4. The standard InChI is InChI=1S/C20H32O3/c1-2-3-4-5-7-10-13-16-19(21)17-14-11-8-6-9-12-15-18-20(22)23/h6-7,9-11,13-14,16,19,21H,2-5,8,12,15,17-18H2,1H3,(H,22,23)/b9-6+,10-7+,14-11+,16-13+/t19-/m0/s1. The van der Waals surface area contributed by atoms with E-state index in [2.05, 4.69) is 13.0 Å². The number of carbonyl (C=O) groups is 1. The molecule has 0 aliphatic heterocycles. The Balaban J connectivity index is 3.61. The number of hydrogen-bond acceptors (Lipinski definition) is 2. The number of hydrogen-bond donors (Lipinski definition) is 2. The van der Waals surface area contributed by atoms with Gasteiger partial charge in [-0.05, 0) is 38.5 Å². The zero-order valence-electron chi connectivity index (χ0n) is 14.4. The summed E-state index contributed by atoms with van der Waals surface area (Å²) in [6.45, 7) is 2.20. The highest BCUT2D eigenvalue weighted by Crippen LogP contribution is 2.02. The summed E-state index contributed by atoms with van der Waals surface area (Å²) in [5.41, 5.74) is 0. The van der Waals surface area contributed by atoms with Gasteiger partial charge in [-0.2, -0.15) is 0 Å². The highest BCUT2D eigenvalue weighted by molar-refractivity contribution is 5.66. The van der Waals surface area contributed by atoms with Crippen LogP contribution in [0.1, 0.15) is 64.7 Å². The first-order valence-electron chi connectivity index (χ1n) is 8.70. The fourth-order valence-corrected chi connectivity index (χ4v) is 1.95. The quantitative estimate of drug-likeness (QED) is 0.263. The van der Waals surface area contributed by atoms with Crippen molar-refractivity contribution in [2.75, 3.05) is 0 Å². The van der Waals surface area contributed by atoms with Crippen LogP contribution in [0.2, 0.25) is 0 Å². The zero-order valence-corrected chi connectivity index (χ0v) is 14.4. The van der Waals surface area contributed by atoms with Gasteiger partial charge in [-0.1, -0.05) is 68.4 Å². The van der Waals surface area contributed by atoms with Gasteiger partial charge in [0, 0.05) is 6.42 Å². The minimum absolute atomic E-state index is 0.228. The summed E-state index contributed by atoms with van der Waals surface area (Å²) < 4.78 is 0. The maximum absolute atomic E-state index is 10.3. The molecule has 3 heteroatoms. The smallest absolute Gasteiger partial charge is 0.303 e. The van der Waals surface area contributed by atoms with Gasteiger partial charge in [-0.15, -0.1) is 0 Å². The Hall–Kier alpha value is -1.61. The lowest BCUT2D eigenvalue weighted by molar-refractivity contribution is -0.137. The van der Waals surface area contributed by atoms with Gasteiger partial charge < -0.3 is 10.2 Å². The van der Waals surface area contributed by atoms with Crippen LogP contribution in [0.3, 0.4) is 0 Å². The molecule has 0 heterocycles. The first-order valence-corrected chi connectivity index (χ1v) is 8.70. The molecule has 0 saturated carbocycles. The fourth-order valence-electron chi connectivity index (χ4n) is 1.95. The lowest BCUT2D eigenvalue weighted by atomic mass is 10.2. The van der Waals surface area contributed by atoms with Crippen LogP contribution in [0.15, 0.2) is 48.6 Å². The summed E-state index contributed by atoms with van der Waals surface area (Å²) in [6.07, 6.45) is 23.5. The third kappa shape index (κ3) is 18.3. The summed E-state index contributed by atoms with van der Waals surface area (Å²) in [4.78, 5) is 10.3. The van der Waals surface area contributed by atoms with E-state index in [0.717, 1.165) is 19.3 Å². The van der Waals surface area contributed by atoms with Crippen LogP contribution in [0.25, 0.3) is 0 Å². The Morgan fingerprint density at radius 2 is 1.70 bits per heavy atom. The fraction of sp³-hybridized carbons (Fsp3) is 0.550. The topological polar surface area (TPSA) is 57.5 Å². The molecule has 23 heavy (non-hydrogen) atoms. The van der Waals surface area contributed by atoms with Crippen LogP contribution in [0.4, 0.5) is 0 Å². The van der Waals surface area contributed by atoms with Gasteiger partial charge in [-0.3, -0.25) is 4.79 Å². The van der Waals surface area contributed by atoms with Crippen molar-refractivity contribution in [3.8, 4) is 0 Å². The van der Waals surface area contributed by atoms with Crippen molar-refractivity contribution >= 4 is 5.97 Å². The van der Waals surface area contributed by atoms with Crippen LogP contribution >= 0.6 is 0 Å². The molecule has 0 radical (unpaired) electrons. The number of carboxylic acids is 1. The van der Waals surface area contributed by atoms with Crippen molar-refractivity contribution < 1.29 is 15.0 Å². The van der Waals surface area contributed by atoms with Gasteiger partial charge in [0.15, 0.2) is 0 Å². The lowest BCUT2D eigenvalue weighted by Gasteiger charge is -1.98. The van der Waals surface area contributed by atoms with E-state index < -0.39 is 12.1 Å². The molecular formula is C20H32O3. The number of aliphatic hydroxyl groups is 1. The van der Waals surface area contributed by atoms with Crippen LogP contribution in [0.5, 0.6) is 0 Å². The number of carboxylic acid groups (broad SMARTS) is 1. The molecule has 1 atom stereocenters. The summed E-state index contributed by atoms with van der Waals surface area (Å²) in [5, 5.41) is 18.3. The molecule has 0 aliphatic rings. The van der Waals surface area contributed by atoms with E-state index in [-0.39, 0.29) is 6.42 Å². The van der Waals surface area contributed by atoms with Gasteiger partial charge in [0.1, 0.15) is 0 Å². The average molecular weight is 320 g/mol. The number of aliphatic hydroxyl groups excluding tert-OH is 1. The normalized spacial score (nSPS) is 13.8. The maximum Gasteiger partial charge on any atom is 0.303 e. The molecule has 3 nitrogen and oxygen atoms in total. The second-order valence-electron chi connectivity index (χ2n) is 5.58. The molecule has 0 aromatic rings. The zero-order chi connectivity index (χ0) is 17.2. The molecule has 2 N–H and O–H groups in total. The highest BCUT2D eigenvalue weighted by Gasteiger charge is 1.93. The molecule has 0 aliphatic carbocycles. The first-order chi connectivity index (χ1) is 11.2. The van der Waals surface area contributed by atoms with Crippen molar-refractivity contribution in [3.05, 3.63) is 48.6 Å². The molecule has 0 rings (SSSR count). The molecule has 0 spiro atoms. The monoisotopic (exact) mass is 320 g/mol. The molecule has 0 amide bonds. The van der Waals surface area contributed by atoms with Crippen LogP contribution in [0, 0.1) is 0 Å². The SMILES string of the molecule is CCCCC/C=C/C=C/[C@H](O)C/C=C/C/C=C/CCCC(=O)O. The number of aliphatic carboxylic acids is 1. The van der Waals surface area contributed by atoms with Gasteiger partial charge in [0.25, 0.3) is 0 Å². The van der Waals surface area contributed by atoms with Gasteiger partial charge in [-0.25, -0.2) is 0 Å². The van der Waals surface area contributed by atoms with Crippen molar-refractivity contribution in [1.29, 1.82) is 0 Å². The van der Waals surface area contributed by atoms with Gasteiger partial charge in [0.2, 0.25) is 0 Å². The predicted octanol–water partition coefficient (Wildman–Crippen LogP) is 5.19. The molecule has 0 bridgehead atoms. The second kappa shape index (κ2) is 16.8. The Labute approximate surface area is 141 Å².